The predicted molar refractivity (Wildman–Crippen MR) is 431 cm³/mol. The van der Waals surface area contributed by atoms with Gasteiger partial charge in [0.25, 0.3) is 0 Å². The van der Waals surface area contributed by atoms with Crippen molar-refractivity contribution in [3.63, 3.8) is 0 Å². The number of imide groups is 1. The maximum Gasteiger partial charge on any atom is 0.242 e. The number of rotatable bonds is 41. The Labute approximate surface area is 646 Å². The number of likely N-dealkylation sites (tertiary alicyclic amines) is 1. The van der Waals surface area contributed by atoms with Gasteiger partial charge in [0.2, 0.25) is 35.4 Å². The largest absolute Gasteiger partial charge is 0.507 e. The lowest BCUT2D eigenvalue weighted by Gasteiger charge is -2.17. The molecule has 0 aliphatic carbocycles. The summed E-state index contributed by atoms with van der Waals surface area (Å²) in [5.74, 6) is 5.18. The van der Waals surface area contributed by atoms with E-state index in [-0.39, 0.29) is 117 Å². The molecule has 4 aromatic carbocycles. The monoisotopic (exact) mass is 1620 g/mol. The lowest BCUT2D eigenvalue weighted by molar-refractivity contribution is -0.138. The van der Waals surface area contributed by atoms with E-state index < -0.39 is 41.7 Å². The highest BCUT2D eigenvalue weighted by atomic mass is 32.2. The van der Waals surface area contributed by atoms with Gasteiger partial charge in [0, 0.05) is 137 Å². The van der Waals surface area contributed by atoms with Gasteiger partial charge >= 0.3 is 0 Å². The van der Waals surface area contributed by atoms with Crippen molar-refractivity contribution >= 4 is 124 Å². The van der Waals surface area contributed by atoms with E-state index in [4.69, 9.17) is 4.74 Å². The number of thioether (sulfide) groups is 4. The molecule has 0 radical (unpaired) electrons. The number of nitrogens with one attached hydrogen (secondary N) is 4. The second-order valence-electron chi connectivity index (χ2n) is 24.4. The summed E-state index contributed by atoms with van der Waals surface area (Å²) in [7, 11) is -8.73. The number of ketones is 2. The predicted octanol–water partition coefficient (Wildman–Crippen LogP) is 8.49. The van der Waals surface area contributed by atoms with E-state index in [1.54, 1.807) is 75.9 Å². The first-order valence-corrected chi connectivity index (χ1v) is 45.4. The zero-order valence-electron chi connectivity index (χ0n) is 63.5. The Morgan fingerprint density at radius 3 is 1.32 bits per heavy atom. The van der Waals surface area contributed by atoms with Gasteiger partial charge in [-0.05, 0) is 142 Å². The van der Waals surface area contributed by atoms with Crippen molar-refractivity contribution in [1.29, 1.82) is 0 Å². The Hall–Kier alpha value is -6.39. The molecule has 3 atom stereocenters. The summed E-state index contributed by atoms with van der Waals surface area (Å²) in [6.07, 6.45) is 6.77. The molecule has 9 N–H and O–H groups in total. The number of Topliss-reactive ketones (excluding diaryl/α,β-unsaturated/α-hetero) is 2. The summed E-state index contributed by atoms with van der Waals surface area (Å²) in [5, 5.41) is 60.5. The van der Waals surface area contributed by atoms with E-state index in [0.29, 0.717) is 97.5 Å². The van der Waals surface area contributed by atoms with E-state index in [9.17, 15) is 89.1 Å². The van der Waals surface area contributed by atoms with E-state index in [1.807, 2.05) is 62.6 Å². The number of carbonyl (C=O) groups excluding carboxylic acids is 8. The van der Waals surface area contributed by atoms with E-state index in [1.165, 1.54) is 67.9 Å². The molecule has 598 valence electrons. The number of aliphatic hydroxyl groups is 2. The molecule has 1 aliphatic heterocycles. The third kappa shape index (κ3) is 48.1. The first-order chi connectivity index (χ1) is 49.9. The molecule has 1 fully saturated rings. The third-order valence-electron chi connectivity index (χ3n) is 15.0. The highest BCUT2D eigenvalue weighted by Gasteiger charge is 2.37. The number of aliphatic hydroxyl groups excluding tert-OH is 2. The maximum absolute atomic E-state index is 11.6. The SMILES string of the molecule is CC(=O)CCCc1ccc(O)c(-c2cc(CCNC(C)=O)ccc2O)c1.CC(=O)NCCc1ccc(Oc2cc(CCNC(C)=O)ccc2O)cc1.CCC(C)=O.CCCSCCS(=O)(=O)CCC.CCS(=O)(=O)CCSC[C@H](O)[C@@H](O)CSCCS(=O)(=O)CC.CSC1CC(=O)N(CCNC(C)=O)C1=O. The molecule has 0 aromatic heterocycles. The standard InChI is InChI=1S/C21H25NO4.C20H24N2O4.C12H26O6S4.C9H14N2O3S.C8H18O2S2.C4H8O/c1-14(23)4-3-5-16-6-8-20(25)18(12-16)19-13-17(7-9-21(19)26)10-11-22-15(2)24;1-14(23)21-11-9-16-3-6-18(7-4-16)26-20-13-17(5-8-19(20)25)10-12-22-15(2)24;1-3-21(15,16)7-5-19-9-11(13)12(14)10-20-6-8-22(17,18)4-2;1-6(12)10-3-4-11-8(13)5-7(15-2)9(11)14;1-3-5-11-6-8-12(9,10)7-4-2;1-3-4(2)5/h6-9,12-13,25-26H,3-5,10-11H2,1-2H3,(H,22,24);3-8,13,25H,9-12H2,1-2H3,(H,21,23)(H,22,24);11-14H,3-10H2,1-2H3;7H,3-5H2,1-2H3,(H,10,12);3-8H2,1-2H3;3H2,1-2H3/t;;11-,12-;;;/m..0.../s1. The van der Waals surface area contributed by atoms with Crippen LogP contribution >= 0.6 is 47.0 Å². The first-order valence-electron chi connectivity index (χ1n) is 35.2. The summed E-state index contributed by atoms with van der Waals surface area (Å²) in [6.45, 7) is 20.3. The molecule has 32 heteroatoms. The number of hydrogen-bond acceptors (Lipinski definition) is 24. The Kier molecular flexibility index (Phi) is 52.6. The van der Waals surface area contributed by atoms with Crippen molar-refractivity contribution in [1.82, 2.24) is 26.2 Å². The number of benzene rings is 4. The highest BCUT2D eigenvalue weighted by Crippen LogP contribution is 2.37. The number of carbonyl (C=O) groups is 8. The Morgan fingerprint density at radius 1 is 0.509 bits per heavy atom. The van der Waals surface area contributed by atoms with Gasteiger partial charge in [0.1, 0.15) is 28.8 Å². The zero-order valence-corrected chi connectivity index (χ0v) is 69.2. The first kappa shape index (κ1) is 99.6. The third-order valence-corrected chi connectivity index (χ3v) is 25.3. The fourth-order valence-electron chi connectivity index (χ4n) is 8.80. The summed E-state index contributed by atoms with van der Waals surface area (Å²) in [5.41, 5.74) is 5.10. The van der Waals surface area contributed by atoms with Crippen LogP contribution in [0.3, 0.4) is 0 Å². The highest BCUT2D eigenvalue weighted by molar-refractivity contribution is 8.01. The van der Waals surface area contributed by atoms with Crippen molar-refractivity contribution in [3.05, 3.63) is 101 Å². The van der Waals surface area contributed by atoms with E-state index >= 15 is 0 Å². The van der Waals surface area contributed by atoms with Crippen LogP contribution in [-0.4, -0.2) is 228 Å². The minimum atomic E-state index is -3.00. The van der Waals surface area contributed by atoms with Crippen molar-refractivity contribution in [2.45, 2.75) is 158 Å². The quantitative estimate of drug-likeness (QED) is 0.0148. The number of amides is 6. The minimum absolute atomic E-state index is 0.0428. The van der Waals surface area contributed by atoms with E-state index in [0.717, 1.165) is 65.9 Å². The number of aromatic hydroxyl groups is 3. The minimum Gasteiger partial charge on any atom is -0.507 e. The lowest BCUT2D eigenvalue weighted by Crippen LogP contribution is -2.38. The lowest BCUT2D eigenvalue weighted by atomic mass is 9.96. The van der Waals surface area contributed by atoms with E-state index in [2.05, 4.69) is 28.2 Å². The molecule has 6 amide bonds. The van der Waals surface area contributed by atoms with Crippen LogP contribution in [0.25, 0.3) is 11.1 Å². The Bertz CT molecular complexity index is 3560. The van der Waals surface area contributed by atoms with Gasteiger partial charge in [-0.1, -0.05) is 65.0 Å². The number of ether oxygens (including phenoxy) is 1. The molecule has 1 heterocycles. The Balaban J connectivity index is 0.00000131. The van der Waals surface area contributed by atoms with Crippen LogP contribution < -0.4 is 26.0 Å². The fraction of sp³-hybridized carbons (Fsp3) is 0.568. The maximum atomic E-state index is 11.6. The molecule has 5 rings (SSSR count). The van der Waals surface area contributed by atoms with Crippen LogP contribution in [0.5, 0.6) is 28.7 Å². The molecular formula is C74H115N5O20S7. The summed E-state index contributed by atoms with van der Waals surface area (Å²) in [6, 6.07) is 23.2. The van der Waals surface area contributed by atoms with Gasteiger partial charge in [-0.3, -0.25) is 33.7 Å². The molecule has 1 unspecified atom stereocenters. The number of nitrogens with zero attached hydrogens (tertiary/aromatic N) is 1. The van der Waals surface area contributed by atoms with Gasteiger partial charge in [-0.15, -0.1) is 0 Å². The molecule has 1 aliphatic rings. The average Bonchev–Trinajstić information content (AvgIpc) is 0.950. The topological polar surface area (TPSA) is 401 Å². The van der Waals surface area contributed by atoms with Crippen LogP contribution in [0.4, 0.5) is 0 Å². The molecule has 4 aromatic rings. The Morgan fingerprint density at radius 2 is 0.915 bits per heavy atom. The summed E-state index contributed by atoms with van der Waals surface area (Å²) in [4.78, 5) is 88.5. The van der Waals surface area contributed by atoms with Gasteiger partial charge in [0.05, 0.1) is 34.7 Å². The molecule has 0 spiro atoms. The molecule has 1 saturated heterocycles. The number of hydrogen-bond donors (Lipinski definition) is 9. The van der Waals surface area contributed by atoms with Crippen molar-refractivity contribution < 1.29 is 93.9 Å². The fourth-order valence-corrected chi connectivity index (χ4v) is 17.1. The van der Waals surface area contributed by atoms with Gasteiger partial charge < -0.3 is 61.1 Å². The normalized spacial score (nSPS) is 13.0. The number of sulfone groups is 3. The summed E-state index contributed by atoms with van der Waals surface area (Å²) < 4.78 is 73.3. The second kappa shape index (κ2) is 55.9. The van der Waals surface area contributed by atoms with Gasteiger partial charge in [0.15, 0.2) is 41.0 Å². The van der Waals surface area contributed by atoms with Crippen LogP contribution in [0, 0.1) is 0 Å². The average molecular weight is 1620 g/mol. The molecule has 106 heavy (non-hydrogen) atoms. The van der Waals surface area contributed by atoms with Crippen LogP contribution in [0.2, 0.25) is 0 Å². The number of phenols is 3. The van der Waals surface area contributed by atoms with Crippen LogP contribution in [0.1, 0.15) is 137 Å². The van der Waals surface area contributed by atoms with Gasteiger partial charge in [-0.25, -0.2) is 25.3 Å². The zero-order chi connectivity index (χ0) is 80.4. The number of aryl methyl sites for hydroxylation is 1. The van der Waals surface area contributed by atoms with Crippen LogP contribution in [0.15, 0.2) is 78.9 Å². The van der Waals surface area contributed by atoms with Gasteiger partial charge in [-0.2, -0.15) is 47.0 Å². The van der Waals surface area contributed by atoms with Crippen molar-refractivity contribution in [2.24, 2.45) is 0 Å². The van der Waals surface area contributed by atoms with Crippen molar-refractivity contribution in [3.8, 4) is 39.9 Å². The smallest absolute Gasteiger partial charge is 0.242 e. The molecule has 25 nitrogen and oxygen atoms in total. The molecule has 0 bridgehead atoms. The van der Waals surface area contributed by atoms with Crippen molar-refractivity contribution in [2.75, 3.05) is 108 Å². The molecular weight excluding hydrogens is 1500 g/mol. The second-order valence-corrected chi connectivity index (χ2v) is 36.2. The molecule has 0 saturated carbocycles. The summed E-state index contributed by atoms with van der Waals surface area (Å²) >= 11 is 5.68. The number of phenolic OH excluding ortho intramolecular Hbond substituents is 3. The van der Waals surface area contributed by atoms with Crippen LogP contribution in [-0.2, 0) is 93.6 Å².